The highest BCUT2D eigenvalue weighted by molar-refractivity contribution is 6.00. The smallest absolute Gasteiger partial charge is 0.267 e. The van der Waals surface area contributed by atoms with Crippen LogP contribution in [0.3, 0.4) is 0 Å². The van der Waals surface area contributed by atoms with E-state index < -0.39 is 0 Å². The number of fused-ring (bicyclic) bond motifs is 1. The summed E-state index contributed by atoms with van der Waals surface area (Å²) < 4.78 is 0. The lowest BCUT2D eigenvalue weighted by Gasteiger charge is -2.27. The van der Waals surface area contributed by atoms with E-state index in [9.17, 15) is 4.79 Å². The van der Waals surface area contributed by atoms with Gasteiger partial charge >= 0.3 is 0 Å². The maximum Gasteiger partial charge on any atom is 0.267 e. The number of hydrogen-bond donors (Lipinski definition) is 3. The van der Waals surface area contributed by atoms with Crippen LogP contribution in [0.1, 0.15) is 41.0 Å². The fourth-order valence-corrected chi connectivity index (χ4v) is 4.04. The first-order valence-electron chi connectivity index (χ1n) is 11.3. The lowest BCUT2D eigenvalue weighted by Crippen LogP contribution is -2.45. The van der Waals surface area contributed by atoms with Crippen LogP contribution in [0.25, 0.3) is 23.1 Å². The van der Waals surface area contributed by atoms with E-state index >= 15 is 0 Å². The lowest BCUT2D eigenvalue weighted by molar-refractivity contribution is 0.0751. The predicted molar refractivity (Wildman–Crippen MR) is 132 cm³/mol. The predicted octanol–water partition coefficient (Wildman–Crippen LogP) is 5.00. The summed E-state index contributed by atoms with van der Waals surface area (Å²) in [6.07, 6.45) is 9.12. The van der Waals surface area contributed by atoms with Crippen molar-refractivity contribution in [3.05, 3.63) is 83.8 Å². The van der Waals surface area contributed by atoms with Gasteiger partial charge in [-0.2, -0.15) is 5.10 Å². The van der Waals surface area contributed by atoms with Crippen LogP contribution in [0.15, 0.2) is 66.9 Å². The van der Waals surface area contributed by atoms with Crippen molar-refractivity contribution >= 4 is 40.3 Å². The van der Waals surface area contributed by atoms with E-state index in [1.54, 1.807) is 6.20 Å². The zero-order valence-electron chi connectivity index (χ0n) is 18.3. The summed E-state index contributed by atoms with van der Waals surface area (Å²) in [6, 6.07) is 19.4. The zero-order valence-corrected chi connectivity index (χ0v) is 18.3. The molecule has 1 fully saturated rings. The van der Waals surface area contributed by atoms with Gasteiger partial charge in [0.05, 0.1) is 28.2 Å². The van der Waals surface area contributed by atoms with Crippen molar-refractivity contribution in [2.75, 3.05) is 18.4 Å². The molecule has 0 aliphatic carbocycles. The molecule has 7 heteroatoms. The SMILES string of the molecule is O=C(NN1CCCCC1)c1ccccc1Nc1ccc2c(/C=C/c3ccccn3)n[nH]c2c1. The zero-order chi connectivity index (χ0) is 22.5. The minimum atomic E-state index is -0.0930. The number of H-pyrrole nitrogens is 1. The molecule has 4 aromatic rings. The van der Waals surface area contributed by atoms with Crippen molar-refractivity contribution in [2.45, 2.75) is 19.3 Å². The molecule has 0 bridgehead atoms. The highest BCUT2D eigenvalue weighted by atomic mass is 16.2. The molecule has 0 atom stereocenters. The second kappa shape index (κ2) is 9.67. The van der Waals surface area contributed by atoms with Gasteiger partial charge in [0.25, 0.3) is 5.91 Å². The Morgan fingerprint density at radius 1 is 0.970 bits per heavy atom. The number of hydrogen-bond acceptors (Lipinski definition) is 5. The van der Waals surface area contributed by atoms with Crippen molar-refractivity contribution in [1.29, 1.82) is 0 Å². The van der Waals surface area contributed by atoms with Gasteiger partial charge in [-0.25, -0.2) is 5.01 Å². The number of anilines is 2. The maximum absolute atomic E-state index is 12.9. The molecular formula is C26H26N6O. The number of para-hydroxylation sites is 1. The minimum Gasteiger partial charge on any atom is -0.355 e. The molecule has 0 unspecified atom stereocenters. The molecular weight excluding hydrogens is 412 g/mol. The van der Waals surface area contributed by atoms with Crippen LogP contribution >= 0.6 is 0 Å². The second-order valence-electron chi connectivity index (χ2n) is 8.12. The highest BCUT2D eigenvalue weighted by Crippen LogP contribution is 2.26. The Balaban J connectivity index is 1.33. The molecule has 1 saturated heterocycles. The van der Waals surface area contributed by atoms with E-state index in [1.165, 1.54) is 6.42 Å². The Labute approximate surface area is 192 Å². The topological polar surface area (TPSA) is 85.9 Å². The Morgan fingerprint density at radius 3 is 2.67 bits per heavy atom. The van der Waals surface area contributed by atoms with Gasteiger partial charge < -0.3 is 5.32 Å². The summed E-state index contributed by atoms with van der Waals surface area (Å²) in [5.41, 5.74) is 7.95. The third kappa shape index (κ3) is 4.94. The van der Waals surface area contributed by atoms with Gasteiger partial charge in [-0.1, -0.05) is 24.6 Å². The quantitative estimate of drug-likeness (QED) is 0.394. The molecule has 3 heterocycles. The van der Waals surface area contributed by atoms with Gasteiger partial charge in [0.1, 0.15) is 0 Å². The van der Waals surface area contributed by atoms with Crippen molar-refractivity contribution in [3.63, 3.8) is 0 Å². The van der Waals surface area contributed by atoms with Gasteiger partial charge in [0.15, 0.2) is 0 Å². The number of nitrogens with zero attached hydrogens (tertiary/aromatic N) is 3. The molecule has 1 aliphatic heterocycles. The van der Waals surface area contributed by atoms with E-state index in [0.717, 1.165) is 59.6 Å². The normalized spacial score (nSPS) is 14.5. The van der Waals surface area contributed by atoms with Gasteiger partial charge in [0.2, 0.25) is 0 Å². The van der Waals surface area contributed by atoms with Crippen LogP contribution < -0.4 is 10.7 Å². The van der Waals surface area contributed by atoms with Crippen LogP contribution in [-0.4, -0.2) is 39.2 Å². The minimum absolute atomic E-state index is 0.0930. The number of rotatable bonds is 6. The van der Waals surface area contributed by atoms with Crippen LogP contribution in [0.4, 0.5) is 11.4 Å². The molecule has 0 spiro atoms. The molecule has 1 aliphatic rings. The second-order valence-corrected chi connectivity index (χ2v) is 8.12. The number of piperidine rings is 1. The molecule has 2 aromatic carbocycles. The van der Waals surface area contributed by atoms with Crippen molar-refractivity contribution in [3.8, 4) is 0 Å². The summed E-state index contributed by atoms with van der Waals surface area (Å²) in [6.45, 7) is 1.80. The van der Waals surface area contributed by atoms with Gasteiger partial charge in [-0.05, 0) is 67.5 Å². The van der Waals surface area contributed by atoms with Crippen LogP contribution in [0, 0.1) is 0 Å². The Bertz CT molecular complexity index is 1270. The average Bonchev–Trinajstić information content (AvgIpc) is 3.26. The summed E-state index contributed by atoms with van der Waals surface area (Å²) in [5, 5.41) is 14.0. The molecule has 0 saturated carbocycles. The monoisotopic (exact) mass is 438 g/mol. The van der Waals surface area contributed by atoms with Crippen LogP contribution in [0.2, 0.25) is 0 Å². The molecule has 5 rings (SSSR count). The molecule has 1 amide bonds. The summed E-state index contributed by atoms with van der Waals surface area (Å²) in [7, 11) is 0. The fraction of sp³-hybridized carbons (Fsp3) is 0.192. The fourth-order valence-electron chi connectivity index (χ4n) is 4.04. The number of aromatic nitrogens is 3. The first-order chi connectivity index (χ1) is 16.3. The van der Waals surface area contributed by atoms with Crippen molar-refractivity contribution in [2.24, 2.45) is 0 Å². The van der Waals surface area contributed by atoms with Crippen molar-refractivity contribution in [1.82, 2.24) is 25.6 Å². The molecule has 0 radical (unpaired) electrons. The number of amides is 1. The van der Waals surface area contributed by atoms with E-state index in [0.29, 0.717) is 5.56 Å². The van der Waals surface area contributed by atoms with E-state index in [-0.39, 0.29) is 5.91 Å². The number of carbonyl (C=O) groups excluding carboxylic acids is 1. The number of nitrogens with one attached hydrogen (secondary N) is 3. The lowest BCUT2D eigenvalue weighted by atomic mass is 10.1. The molecule has 3 N–H and O–H groups in total. The summed E-state index contributed by atoms with van der Waals surface area (Å²) in [4.78, 5) is 17.2. The Hall–Kier alpha value is -3.97. The number of benzene rings is 2. The number of carbonyl (C=O) groups is 1. The molecule has 33 heavy (non-hydrogen) atoms. The largest absolute Gasteiger partial charge is 0.355 e. The number of hydrazine groups is 1. The Morgan fingerprint density at radius 2 is 1.82 bits per heavy atom. The summed E-state index contributed by atoms with van der Waals surface area (Å²) in [5.74, 6) is -0.0930. The third-order valence-electron chi connectivity index (χ3n) is 5.76. The van der Waals surface area contributed by atoms with Crippen LogP contribution in [-0.2, 0) is 0 Å². The number of aromatic amines is 1. The standard InChI is InChI=1S/C26H26N6O/c33-26(31-32-16-6-1-7-17-32)22-9-2-3-10-23(22)28-20-11-13-21-24(29-30-25(21)18-20)14-12-19-8-4-5-15-27-19/h2-5,8-15,18,28H,1,6-7,16-17H2,(H,29,30)(H,31,33)/b14-12+. The van der Waals surface area contributed by atoms with E-state index in [2.05, 4.69) is 25.9 Å². The number of pyridine rings is 1. The first kappa shape index (κ1) is 20.9. The summed E-state index contributed by atoms with van der Waals surface area (Å²) >= 11 is 0. The molecule has 2 aromatic heterocycles. The van der Waals surface area contributed by atoms with Gasteiger partial charge in [0, 0.05) is 30.4 Å². The van der Waals surface area contributed by atoms with Gasteiger partial charge in [-0.15, -0.1) is 0 Å². The molecule has 166 valence electrons. The van der Waals surface area contributed by atoms with Crippen molar-refractivity contribution < 1.29 is 4.79 Å². The maximum atomic E-state index is 12.9. The van der Waals surface area contributed by atoms with Gasteiger partial charge in [-0.3, -0.25) is 20.3 Å². The Kier molecular flexibility index (Phi) is 6.12. The average molecular weight is 439 g/mol. The first-order valence-corrected chi connectivity index (χ1v) is 11.3. The van der Waals surface area contributed by atoms with Crippen LogP contribution in [0.5, 0.6) is 0 Å². The highest BCUT2D eigenvalue weighted by Gasteiger charge is 2.16. The van der Waals surface area contributed by atoms with E-state index in [4.69, 9.17) is 0 Å². The molecule has 7 nitrogen and oxygen atoms in total. The van der Waals surface area contributed by atoms with E-state index in [1.807, 2.05) is 77.8 Å². The third-order valence-corrected chi connectivity index (χ3v) is 5.76.